The van der Waals surface area contributed by atoms with Crippen LogP contribution in [0.15, 0.2) is 0 Å². The topological polar surface area (TPSA) is 127 Å². The molecule has 0 aromatic carbocycles. The second-order valence-electron chi connectivity index (χ2n) is 2.64. The second-order valence-corrected chi connectivity index (χ2v) is 4.34. The van der Waals surface area contributed by atoms with Gasteiger partial charge in [0.25, 0.3) is 0 Å². The zero-order valence-electron chi connectivity index (χ0n) is 7.38. The maximum atomic E-state index is 10.9. The minimum atomic E-state index is -4.22. The van der Waals surface area contributed by atoms with E-state index in [1.807, 2.05) is 0 Å². The number of Topliss-reactive ketones (excluding diaryl/α,β-unsaturated/α-hetero) is 1. The smallest absolute Gasteiger partial charge is 0.324 e. The number of carbonyl (C=O) groups is 1. The minimum absolute atomic E-state index is 0. The molecule has 0 bridgehead atoms. The molecule has 6 N–H and O–H groups in total. The van der Waals surface area contributed by atoms with Crippen LogP contribution >= 0.6 is 7.60 Å². The van der Waals surface area contributed by atoms with Crippen LogP contribution in [0.4, 0.5) is 0 Å². The molecule has 0 spiro atoms. The van der Waals surface area contributed by atoms with Crippen LogP contribution in [0.25, 0.3) is 0 Å². The Kier molecular flexibility index (Phi) is 7.26. The summed E-state index contributed by atoms with van der Waals surface area (Å²) in [4.78, 5) is 27.8. The Bertz CT molecular complexity index is 217. The van der Waals surface area contributed by atoms with Gasteiger partial charge in [0.05, 0.1) is 18.2 Å². The van der Waals surface area contributed by atoms with E-state index in [4.69, 9.17) is 21.3 Å². The van der Waals surface area contributed by atoms with Gasteiger partial charge in [-0.05, 0) is 6.92 Å². The number of nitrogens with two attached hydrogens (primary N) is 2. The first-order valence-corrected chi connectivity index (χ1v) is 5.13. The van der Waals surface area contributed by atoms with Crippen LogP contribution in [0.1, 0.15) is 6.92 Å². The fourth-order valence-corrected chi connectivity index (χ4v) is 1.38. The Morgan fingerprint density at radius 3 is 2.08 bits per heavy atom. The number of hydrogen-bond donors (Lipinski definition) is 4. The first-order chi connectivity index (χ1) is 5.24. The van der Waals surface area contributed by atoms with Crippen molar-refractivity contribution in [2.45, 2.75) is 19.0 Å². The Morgan fingerprint density at radius 2 is 1.85 bits per heavy atom. The molecule has 0 saturated carbocycles. The van der Waals surface area contributed by atoms with Crippen molar-refractivity contribution in [1.29, 1.82) is 0 Å². The SMILES string of the molecule is CC(N)C(=O)C(N)CP(=O)(O)O.[Zn+2]. The Balaban J connectivity index is 0. The standard InChI is InChI=1S/C5H13N2O4P.Zn/c1-3(6)5(8)4(7)2-12(9,10)11;/h3-4H,2,6-7H2,1H3,(H2,9,10,11);/q;+2. The number of ketones is 1. The van der Waals surface area contributed by atoms with E-state index >= 15 is 0 Å². The van der Waals surface area contributed by atoms with Gasteiger partial charge in [-0.1, -0.05) is 0 Å². The molecule has 8 heteroatoms. The van der Waals surface area contributed by atoms with E-state index < -0.39 is 31.6 Å². The van der Waals surface area contributed by atoms with E-state index in [0.717, 1.165) is 0 Å². The van der Waals surface area contributed by atoms with Gasteiger partial charge in [0.1, 0.15) is 0 Å². The molecule has 13 heavy (non-hydrogen) atoms. The van der Waals surface area contributed by atoms with Crippen LogP contribution in [0.3, 0.4) is 0 Å². The van der Waals surface area contributed by atoms with Crippen molar-refractivity contribution in [2.75, 3.05) is 6.16 Å². The van der Waals surface area contributed by atoms with Crippen molar-refractivity contribution in [3.05, 3.63) is 0 Å². The molecular weight excluding hydrogens is 248 g/mol. The third-order valence-corrected chi connectivity index (χ3v) is 2.12. The van der Waals surface area contributed by atoms with E-state index in [-0.39, 0.29) is 19.5 Å². The first kappa shape index (κ1) is 15.8. The van der Waals surface area contributed by atoms with Crippen LogP contribution in [0, 0.1) is 0 Å². The van der Waals surface area contributed by atoms with Crippen LogP contribution in [-0.2, 0) is 28.8 Å². The average Bonchev–Trinajstić information content (AvgIpc) is 1.82. The van der Waals surface area contributed by atoms with Gasteiger partial charge in [-0.25, -0.2) is 0 Å². The summed E-state index contributed by atoms with van der Waals surface area (Å²) >= 11 is 0. The number of hydrogen-bond acceptors (Lipinski definition) is 4. The summed E-state index contributed by atoms with van der Waals surface area (Å²) in [5, 5.41) is 0. The molecule has 6 nitrogen and oxygen atoms in total. The van der Waals surface area contributed by atoms with Gasteiger partial charge in [-0.2, -0.15) is 0 Å². The Hall–Kier alpha value is 0.363. The van der Waals surface area contributed by atoms with Gasteiger partial charge < -0.3 is 21.3 Å². The number of rotatable bonds is 4. The van der Waals surface area contributed by atoms with Crippen LogP contribution in [0.2, 0.25) is 0 Å². The second kappa shape index (κ2) is 5.96. The molecule has 0 aliphatic rings. The molecule has 2 atom stereocenters. The van der Waals surface area contributed by atoms with E-state index in [1.165, 1.54) is 6.92 Å². The van der Waals surface area contributed by atoms with Crippen molar-refractivity contribution in [3.8, 4) is 0 Å². The fourth-order valence-electron chi connectivity index (χ4n) is 0.684. The van der Waals surface area contributed by atoms with Crippen LogP contribution in [0.5, 0.6) is 0 Å². The predicted molar refractivity (Wildman–Crippen MR) is 43.5 cm³/mol. The summed E-state index contributed by atoms with van der Waals surface area (Å²) in [5.41, 5.74) is 10.4. The van der Waals surface area contributed by atoms with Crippen LogP contribution < -0.4 is 11.5 Å². The summed E-state index contributed by atoms with van der Waals surface area (Å²) in [6, 6.07) is -1.96. The van der Waals surface area contributed by atoms with Crippen molar-refractivity contribution in [2.24, 2.45) is 11.5 Å². The third-order valence-electron chi connectivity index (χ3n) is 1.25. The molecule has 2 unspecified atom stereocenters. The Labute approximate surface area is 89.0 Å². The largest absolute Gasteiger partial charge is 2.00 e. The van der Waals surface area contributed by atoms with E-state index in [9.17, 15) is 9.36 Å². The molecule has 0 aromatic heterocycles. The number of carbonyl (C=O) groups excluding carboxylic acids is 1. The summed E-state index contributed by atoms with van der Waals surface area (Å²) in [5.74, 6) is -0.543. The summed E-state index contributed by atoms with van der Waals surface area (Å²) < 4.78 is 10.4. The monoisotopic (exact) mass is 260 g/mol. The van der Waals surface area contributed by atoms with Gasteiger partial charge in [-0.3, -0.25) is 9.36 Å². The summed E-state index contributed by atoms with van der Waals surface area (Å²) in [6.45, 7) is 1.42. The fraction of sp³-hybridized carbons (Fsp3) is 0.800. The molecule has 0 aliphatic heterocycles. The molecule has 0 radical (unpaired) electrons. The zero-order chi connectivity index (χ0) is 9.94. The van der Waals surface area contributed by atoms with Gasteiger partial charge >= 0.3 is 27.1 Å². The normalized spacial score (nSPS) is 15.8. The van der Waals surface area contributed by atoms with Crippen LogP contribution in [-0.4, -0.2) is 33.8 Å². The van der Waals surface area contributed by atoms with Gasteiger partial charge in [0.15, 0.2) is 5.78 Å². The predicted octanol–water partition coefficient (Wildman–Crippen LogP) is -1.59. The summed E-state index contributed by atoms with van der Waals surface area (Å²) in [7, 11) is -4.22. The van der Waals surface area contributed by atoms with E-state index in [0.29, 0.717) is 0 Å². The quantitative estimate of drug-likeness (QED) is 0.357. The Morgan fingerprint density at radius 1 is 1.46 bits per heavy atom. The maximum absolute atomic E-state index is 10.9. The van der Waals surface area contributed by atoms with Crippen molar-refractivity contribution in [1.82, 2.24) is 0 Å². The molecule has 0 fully saturated rings. The van der Waals surface area contributed by atoms with Crippen molar-refractivity contribution in [3.63, 3.8) is 0 Å². The van der Waals surface area contributed by atoms with Crippen molar-refractivity contribution < 1.29 is 38.6 Å². The molecule has 0 amide bonds. The maximum Gasteiger partial charge on any atom is 2.00 e. The van der Waals surface area contributed by atoms with Gasteiger partial charge in [0, 0.05) is 0 Å². The van der Waals surface area contributed by atoms with Gasteiger partial charge in [-0.15, -0.1) is 0 Å². The zero-order valence-corrected chi connectivity index (χ0v) is 11.2. The molecule has 0 saturated heterocycles. The molecule has 0 heterocycles. The van der Waals surface area contributed by atoms with E-state index in [2.05, 4.69) is 0 Å². The average molecular weight is 262 g/mol. The molecule has 72 valence electrons. The minimum Gasteiger partial charge on any atom is -0.324 e. The molecular formula is C5H13N2O4PZn+2. The third kappa shape index (κ3) is 7.44. The van der Waals surface area contributed by atoms with E-state index in [1.54, 1.807) is 0 Å². The van der Waals surface area contributed by atoms with Crippen molar-refractivity contribution >= 4 is 13.4 Å². The van der Waals surface area contributed by atoms with Gasteiger partial charge in [0.2, 0.25) is 0 Å². The molecule has 0 aromatic rings. The molecule has 0 aliphatic carbocycles. The summed E-state index contributed by atoms with van der Waals surface area (Å²) in [6.07, 6.45) is -0.645. The molecule has 0 rings (SSSR count). The first-order valence-electron chi connectivity index (χ1n) is 3.33.